The van der Waals surface area contributed by atoms with Crippen molar-refractivity contribution in [3.63, 3.8) is 0 Å². The van der Waals surface area contributed by atoms with Gasteiger partial charge in [-0.1, -0.05) is 36.8 Å². The number of nitrogens with zero attached hydrogens (tertiary/aromatic N) is 3. The van der Waals surface area contributed by atoms with Crippen molar-refractivity contribution < 1.29 is 9.21 Å². The predicted molar refractivity (Wildman–Crippen MR) is 107 cm³/mol. The molecular weight excluding hydrogens is 350 g/mol. The van der Waals surface area contributed by atoms with Crippen LogP contribution in [0.15, 0.2) is 41.1 Å². The van der Waals surface area contributed by atoms with Gasteiger partial charge in [0, 0.05) is 31.7 Å². The molecule has 0 unspecified atom stereocenters. The highest BCUT2D eigenvalue weighted by Crippen LogP contribution is 2.40. The van der Waals surface area contributed by atoms with E-state index in [4.69, 9.17) is 4.42 Å². The zero-order chi connectivity index (χ0) is 19.1. The van der Waals surface area contributed by atoms with Gasteiger partial charge in [-0.2, -0.15) is 0 Å². The summed E-state index contributed by atoms with van der Waals surface area (Å²) < 4.78 is 5.26. The molecule has 4 heterocycles. The molecule has 148 valence electrons. The van der Waals surface area contributed by atoms with Gasteiger partial charge in [-0.25, -0.2) is 4.98 Å². The van der Waals surface area contributed by atoms with E-state index in [9.17, 15) is 4.79 Å². The molecule has 0 aliphatic carbocycles. The molecule has 3 saturated heterocycles. The first-order valence-electron chi connectivity index (χ1n) is 10.7. The van der Waals surface area contributed by atoms with E-state index in [0.717, 1.165) is 26.1 Å². The zero-order valence-electron chi connectivity index (χ0n) is 16.6. The Morgan fingerprint density at radius 3 is 2.82 bits per heavy atom. The van der Waals surface area contributed by atoms with E-state index in [1.807, 2.05) is 11.8 Å². The number of benzene rings is 1. The molecule has 1 amide bonds. The van der Waals surface area contributed by atoms with Crippen molar-refractivity contribution in [3.05, 3.63) is 53.7 Å². The first-order chi connectivity index (χ1) is 13.7. The molecule has 3 aliphatic rings. The Balaban J connectivity index is 1.32. The van der Waals surface area contributed by atoms with Crippen LogP contribution in [-0.4, -0.2) is 52.4 Å². The molecule has 0 saturated carbocycles. The number of aromatic nitrogens is 1. The zero-order valence-corrected chi connectivity index (χ0v) is 16.6. The Morgan fingerprint density at radius 1 is 1.18 bits per heavy atom. The quantitative estimate of drug-likeness (QED) is 0.818. The van der Waals surface area contributed by atoms with Gasteiger partial charge in [-0.15, -0.1) is 0 Å². The van der Waals surface area contributed by atoms with Gasteiger partial charge in [-0.3, -0.25) is 9.69 Å². The second-order valence-electron chi connectivity index (χ2n) is 8.87. The first-order valence-corrected chi connectivity index (χ1v) is 10.7. The molecule has 3 fully saturated rings. The second-order valence-corrected chi connectivity index (χ2v) is 8.87. The largest absolute Gasteiger partial charge is 0.448 e. The lowest BCUT2D eigenvalue weighted by molar-refractivity contribution is -0.0500. The highest BCUT2D eigenvalue weighted by Gasteiger charge is 2.45. The van der Waals surface area contributed by atoms with Gasteiger partial charge in [0.2, 0.25) is 0 Å². The number of hydrogen-bond acceptors (Lipinski definition) is 4. The Labute approximate surface area is 166 Å². The maximum atomic E-state index is 13.0. The van der Waals surface area contributed by atoms with Gasteiger partial charge in [0.25, 0.3) is 5.91 Å². The molecule has 0 radical (unpaired) electrons. The summed E-state index contributed by atoms with van der Waals surface area (Å²) in [5, 5.41) is 0. The van der Waals surface area contributed by atoms with Gasteiger partial charge in [0.05, 0.1) is 0 Å². The maximum Gasteiger partial charge on any atom is 0.276 e. The number of oxazole rings is 1. The molecule has 2 bridgehead atoms. The fourth-order valence-electron chi connectivity index (χ4n) is 5.84. The monoisotopic (exact) mass is 379 g/mol. The number of aryl methyl sites for hydroxylation is 1. The lowest BCUT2D eigenvalue weighted by atomic mass is 9.74. The normalized spacial score (nSPS) is 30.1. The van der Waals surface area contributed by atoms with Crippen LogP contribution in [0.5, 0.6) is 0 Å². The lowest BCUT2D eigenvalue weighted by Crippen LogP contribution is -2.62. The topological polar surface area (TPSA) is 49.6 Å². The fraction of sp³-hybridized carbons (Fsp3) is 0.565. The average molecular weight is 380 g/mol. The summed E-state index contributed by atoms with van der Waals surface area (Å²) in [6, 6.07) is 12.2. The minimum Gasteiger partial charge on any atom is -0.448 e. The number of carbonyl (C=O) groups is 1. The van der Waals surface area contributed by atoms with Crippen LogP contribution in [-0.2, 0) is 6.42 Å². The van der Waals surface area contributed by atoms with E-state index >= 15 is 0 Å². The third-order valence-corrected chi connectivity index (χ3v) is 7.06. The molecule has 4 atom stereocenters. The van der Waals surface area contributed by atoms with Gasteiger partial charge in [-0.05, 0) is 50.0 Å². The van der Waals surface area contributed by atoms with Crippen molar-refractivity contribution in [2.45, 2.75) is 51.1 Å². The summed E-state index contributed by atoms with van der Waals surface area (Å²) >= 11 is 0. The molecule has 1 aromatic carbocycles. The Hall–Kier alpha value is -2.14. The van der Waals surface area contributed by atoms with Crippen molar-refractivity contribution in [2.75, 3.05) is 19.6 Å². The van der Waals surface area contributed by atoms with Crippen LogP contribution in [0.25, 0.3) is 0 Å². The van der Waals surface area contributed by atoms with Crippen molar-refractivity contribution in [1.82, 2.24) is 14.8 Å². The maximum absolute atomic E-state index is 13.0. The van der Waals surface area contributed by atoms with E-state index < -0.39 is 0 Å². The Bertz CT molecular complexity index is 833. The van der Waals surface area contributed by atoms with Gasteiger partial charge in [0.1, 0.15) is 5.76 Å². The highest BCUT2D eigenvalue weighted by molar-refractivity contribution is 5.93. The standard InChI is InChI=1S/C23H29N3O2/c1-16-22(24-15-28-16)23(27)25-12-18-10-19(14-25)21-9-5-8-20(26(21)13-18)11-17-6-3-2-4-7-17/h2-4,6-7,15,18-21H,5,8-14H2,1H3/t18-,19+,20+,21-/m0/s1. The first kappa shape index (κ1) is 17.9. The molecule has 1 aromatic heterocycles. The molecule has 0 spiro atoms. The van der Waals surface area contributed by atoms with Crippen LogP contribution in [0.2, 0.25) is 0 Å². The third-order valence-electron chi connectivity index (χ3n) is 7.06. The van der Waals surface area contributed by atoms with E-state index in [1.54, 1.807) is 0 Å². The molecule has 5 heteroatoms. The van der Waals surface area contributed by atoms with Crippen molar-refractivity contribution in [3.8, 4) is 0 Å². The number of piperidine rings is 3. The molecule has 5 nitrogen and oxygen atoms in total. The van der Waals surface area contributed by atoms with Crippen LogP contribution >= 0.6 is 0 Å². The number of amides is 1. The van der Waals surface area contributed by atoms with E-state index in [2.05, 4.69) is 40.2 Å². The van der Waals surface area contributed by atoms with Crippen molar-refractivity contribution >= 4 is 5.91 Å². The summed E-state index contributed by atoms with van der Waals surface area (Å²) in [7, 11) is 0. The molecule has 5 rings (SSSR count). The summed E-state index contributed by atoms with van der Waals surface area (Å²) in [5.74, 6) is 1.83. The van der Waals surface area contributed by atoms with Gasteiger partial charge < -0.3 is 9.32 Å². The SMILES string of the molecule is Cc1ocnc1C(=O)N1C[C@@H]2C[C@H](C1)[C@@H]1CCC[C@H](Cc3ccccc3)N1C2. The van der Waals surface area contributed by atoms with Gasteiger partial charge >= 0.3 is 0 Å². The summed E-state index contributed by atoms with van der Waals surface area (Å²) in [4.78, 5) is 22.0. The fourth-order valence-corrected chi connectivity index (χ4v) is 5.84. The van der Waals surface area contributed by atoms with Crippen molar-refractivity contribution in [1.29, 1.82) is 0 Å². The minimum absolute atomic E-state index is 0.0473. The second kappa shape index (κ2) is 7.36. The smallest absolute Gasteiger partial charge is 0.276 e. The van der Waals surface area contributed by atoms with Crippen LogP contribution in [0.3, 0.4) is 0 Å². The van der Waals surface area contributed by atoms with Gasteiger partial charge in [0.15, 0.2) is 12.1 Å². The molecule has 3 aliphatic heterocycles. The van der Waals surface area contributed by atoms with E-state index in [0.29, 0.717) is 35.4 Å². The van der Waals surface area contributed by atoms with Crippen LogP contribution in [0, 0.1) is 18.8 Å². The predicted octanol–water partition coefficient (Wildman–Crippen LogP) is 3.54. The lowest BCUT2D eigenvalue weighted by Gasteiger charge is -2.55. The summed E-state index contributed by atoms with van der Waals surface area (Å²) in [6.07, 6.45) is 7.66. The number of fused-ring (bicyclic) bond motifs is 4. The Morgan fingerprint density at radius 2 is 2.04 bits per heavy atom. The number of hydrogen-bond donors (Lipinski definition) is 0. The number of likely N-dealkylation sites (tertiary alicyclic amines) is 1. The molecule has 2 aromatic rings. The summed E-state index contributed by atoms with van der Waals surface area (Å²) in [6.45, 7) is 4.66. The van der Waals surface area contributed by atoms with Crippen LogP contribution < -0.4 is 0 Å². The third kappa shape index (κ3) is 3.26. The molecule has 28 heavy (non-hydrogen) atoms. The molecular formula is C23H29N3O2. The van der Waals surface area contributed by atoms with Crippen LogP contribution in [0.1, 0.15) is 47.5 Å². The molecule has 0 N–H and O–H groups in total. The van der Waals surface area contributed by atoms with E-state index in [1.165, 1.54) is 37.6 Å². The van der Waals surface area contributed by atoms with Crippen molar-refractivity contribution in [2.24, 2.45) is 11.8 Å². The Kier molecular flexibility index (Phi) is 4.71. The number of carbonyl (C=O) groups excluding carboxylic acids is 1. The van der Waals surface area contributed by atoms with E-state index in [-0.39, 0.29) is 5.91 Å². The minimum atomic E-state index is 0.0473. The highest BCUT2D eigenvalue weighted by atomic mass is 16.3. The van der Waals surface area contributed by atoms with Crippen LogP contribution in [0.4, 0.5) is 0 Å². The number of rotatable bonds is 3. The summed E-state index contributed by atoms with van der Waals surface area (Å²) in [5.41, 5.74) is 1.93. The average Bonchev–Trinajstić information content (AvgIpc) is 3.14.